The van der Waals surface area contributed by atoms with Crippen LogP contribution in [0.3, 0.4) is 0 Å². The van der Waals surface area contributed by atoms with Crippen molar-refractivity contribution in [3.63, 3.8) is 0 Å². The molecule has 0 radical (unpaired) electrons. The second-order valence-electron chi connectivity index (χ2n) is 2.41. The highest BCUT2D eigenvalue weighted by Gasteiger charge is 1.80. The summed E-state index contributed by atoms with van der Waals surface area (Å²) in [5, 5.41) is 0. The van der Waals surface area contributed by atoms with Gasteiger partial charge in [0.15, 0.2) is 0 Å². The smallest absolute Gasteiger partial charge is 0.125 e. The third kappa shape index (κ3) is 12.8. The molecular weight excluding hydrogens is 200 g/mol. The summed E-state index contributed by atoms with van der Waals surface area (Å²) in [5.74, 6) is 0. The number of rotatable bonds is 10. The molecule has 0 heterocycles. The predicted octanol–water partition coefficient (Wildman–Crippen LogP) is 1.27. The predicted molar refractivity (Wildman–Crippen MR) is 55.0 cm³/mol. The van der Waals surface area contributed by atoms with Gasteiger partial charge >= 0.3 is 0 Å². The number of ether oxygens (including phenoxy) is 5. The van der Waals surface area contributed by atoms with Crippen molar-refractivity contribution in [1.82, 2.24) is 0 Å². The average Bonchev–Trinajstić information content (AvgIpc) is 2.26. The van der Waals surface area contributed by atoms with E-state index in [1.807, 2.05) is 0 Å². The van der Waals surface area contributed by atoms with E-state index < -0.39 is 0 Å². The van der Waals surface area contributed by atoms with Gasteiger partial charge in [-0.25, -0.2) is 0 Å². The molecule has 0 bridgehead atoms. The molecule has 0 aliphatic heterocycles. The topological polar surface area (TPSA) is 46.2 Å². The first kappa shape index (κ1) is 13.8. The van der Waals surface area contributed by atoms with Crippen LogP contribution in [0.25, 0.3) is 0 Å². The summed E-state index contributed by atoms with van der Waals surface area (Å²) in [4.78, 5) is 0. The van der Waals surface area contributed by atoms with Crippen LogP contribution in [0.5, 0.6) is 0 Å². The molecule has 0 amide bonds. The third-order valence-corrected chi connectivity index (χ3v) is 1.27. The fourth-order valence-electron chi connectivity index (χ4n) is 0.587. The summed E-state index contributed by atoms with van der Waals surface area (Å²) in [6.45, 7) is 2.12. The molecule has 0 N–H and O–H groups in total. The van der Waals surface area contributed by atoms with Gasteiger partial charge in [0, 0.05) is 14.2 Å². The molecule has 5 heteroatoms. The lowest BCUT2D eigenvalue weighted by atomic mass is 10.8. The van der Waals surface area contributed by atoms with Crippen LogP contribution in [0.2, 0.25) is 0 Å². The first-order chi connectivity index (χ1) is 7.41. The minimum Gasteiger partial charge on any atom is -0.496 e. The molecule has 0 fully saturated rings. The van der Waals surface area contributed by atoms with Crippen molar-refractivity contribution in [2.75, 3.05) is 40.6 Å². The maximum Gasteiger partial charge on any atom is 0.125 e. The van der Waals surface area contributed by atoms with Crippen LogP contribution < -0.4 is 0 Å². The number of hydrogen-bond acceptors (Lipinski definition) is 5. The minimum absolute atomic E-state index is 0.504. The van der Waals surface area contributed by atoms with Gasteiger partial charge in [0.05, 0.1) is 13.2 Å². The standard InChI is InChI=1S/C10H18O5/c1-11-3-5-13-7-9-15-10-8-14-6-4-12-2/h7-10H,3-6H2,1-2H3. The van der Waals surface area contributed by atoms with E-state index in [2.05, 4.69) is 0 Å². The summed E-state index contributed by atoms with van der Waals surface area (Å²) in [6.07, 6.45) is 5.70. The quantitative estimate of drug-likeness (QED) is 0.408. The van der Waals surface area contributed by atoms with E-state index in [0.717, 1.165) is 0 Å². The highest BCUT2D eigenvalue weighted by Crippen LogP contribution is 1.84. The fourth-order valence-corrected chi connectivity index (χ4v) is 0.587. The molecule has 0 aliphatic rings. The molecule has 0 aromatic heterocycles. The number of hydrogen-bond donors (Lipinski definition) is 0. The Kier molecular flexibility index (Phi) is 11.8. The maximum absolute atomic E-state index is 4.99. The Hall–Kier alpha value is -1.20. The van der Waals surface area contributed by atoms with Crippen LogP contribution in [0.15, 0.2) is 25.0 Å². The lowest BCUT2D eigenvalue weighted by Gasteiger charge is -1.98. The lowest BCUT2D eigenvalue weighted by Crippen LogP contribution is -1.97. The second-order valence-corrected chi connectivity index (χ2v) is 2.41. The van der Waals surface area contributed by atoms with Crippen LogP contribution in [0.1, 0.15) is 0 Å². The van der Waals surface area contributed by atoms with Crippen LogP contribution >= 0.6 is 0 Å². The molecule has 0 aromatic rings. The van der Waals surface area contributed by atoms with E-state index in [0.29, 0.717) is 26.4 Å². The highest BCUT2D eigenvalue weighted by molar-refractivity contribution is 4.69. The zero-order valence-corrected chi connectivity index (χ0v) is 9.18. The van der Waals surface area contributed by atoms with E-state index in [-0.39, 0.29) is 0 Å². The van der Waals surface area contributed by atoms with Crippen LogP contribution in [-0.4, -0.2) is 40.6 Å². The van der Waals surface area contributed by atoms with Gasteiger partial charge in [0.1, 0.15) is 38.3 Å². The van der Waals surface area contributed by atoms with Gasteiger partial charge in [-0.1, -0.05) is 0 Å². The number of methoxy groups -OCH3 is 2. The van der Waals surface area contributed by atoms with E-state index >= 15 is 0 Å². The van der Waals surface area contributed by atoms with Crippen molar-refractivity contribution in [3.8, 4) is 0 Å². The Morgan fingerprint density at radius 1 is 0.667 bits per heavy atom. The summed E-state index contributed by atoms with van der Waals surface area (Å²) in [5.41, 5.74) is 0. The summed E-state index contributed by atoms with van der Waals surface area (Å²) >= 11 is 0. The summed E-state index contributed by atoms with van der Waals surface area (Å²) < 4.78 is 24.4. The molecule has 0 atom stereocenters. The first-order valence-corrected chi connectivity index (χ1v) is 4.58. The van der Waals surface area contributed by atoms with Crippen molar-refractivity contribution in [3.05, 3.63) is 25.0 Å². The van der Waals surface area contributed by atoms with Crippen LogP contribution in [0.4, 0.5) is 0 Å². The van der Waals surface area contributed by atoms with Crippen molar-refractivity contribution in [2.24, 2.45) is 0 Å². The van der Waals surface area contributed by atoms with Gasteiger partial charge in [-0.15, -0.1) is 0 Å². The van der Waals surface area contributed by atoms with E-state index in [1.54, 1.807) is 14.2 Å². The van der Waals surface area contributed by atoms with Gasteiger partial charge in [0.2, 0.25) is 0 Å². The van der Waals surface area contributed by atoms with E-state index in [4.69, 9.17) is 23.7 Å². The summed E-state index contributed by atoms with van der Waals surface area (Å²) in [7, 11) is 3.23. The molecule has 0 unspecified atom stereocenters. The molecule has 15 heavy (non-hydrogen) atoms. The van der Waals surface area contributed by atoms with Crippen molar-refractivity contribution < 1.29 is 23.7 Å². The van der Waals surface area contributed by atoms with Crippen molar-refractivity contribution >= 4 is 0 Å². The monoisotopic (exact) mass is 218 g/mol. The van der Waals surface area contributed by atoms with Gasteiger partial charge in [-0.05, 0) is 0 Å². The molecule has 88 valence electrons. The maximum atomic E-state index is 4.99. The molecule has 0 aromatic carbocycles. The largest absolute Gasteiger partial charge is 0.496 e. The Bertz CT molecular complexity index is 149. The summed E-state index contributed by atoms with van der Waals surface area (Å²) in [6, 6.07) is 0. The van der Waals surface area contributed by atoms with Crippen molar-refractivity contribution in [1.29, 1.82) is 0 Å². The molecule has 0 saturated heterocycles. The lowest BCUT2D eigenvalue weighted by molar-refractivity contribution is 0.117. The third-order valence-electron chi connectivity index (χ3n) is 1.27. The van der Waals surface area contributed by atoms with Crippen LogP contribution in [0, 0.1) is 0 Å². The normalized spacial score (nSPS) is 11.1. The first-order valence-electron chi connectivity index (χ1n) is 4.58. The second kappa shape index (κ2) is 12.8. The Labute approximate surface area is 90.2 Å². The SMILES string of the molecule is COCCOC=COC=COCCOC. The zero-order chi connectivity index (χ0) is 11.2. The van der Waals surface area contributed by atoms with Crippen molar-refractivity contribution in [2.45, 2.75) is 0 Å². The fraction of sp³-hybridized carbons (Fsp3) is 0.600. The van der Waals surface area contributed by atoms with Gasteiger partial charge in [0.25, 0.3) is 0 Å². The zero-order valence-electron chi connectivity index (χ0n) is 9.18. The average molecular weight is 218 g/mol. The molecule has 5 nitrogen and oxygen atoms in total. The molecule has 0 spiro atoms. The Balaban J connectivity index is 3.14. The van der Waals surface area contributed by atoms with Crippen LogP contribution in [-0.2, 0) is 23.7 Å². The molecular formula is C10H18O5. The van der Waals surface area contributed by atoms with Gasteiger partial charge < -0.3 is 23.7 Å². The minimum atomic E-state index is 0.504. The van der Waals surface area contributed by atoms with E-state index in [9.17, 15) is 0 Å². The Morgan fingerprint density at radius 2 is 1.13 bits per heavy atom. The molecule has 0 rings (SSSR count). The molecule has 0 aliphatic carbocycles. The highest BCUT2D eigenvalue weighted by atomic mass is 16.5. The molecule has 0 saturated carbocycles. The van der Waals surface area contributed by atoms with Gasteiger partial charge in [-0.3, -0.25) is 0 Å². The van der Waals surface area contributed by atoms with Gasteiger partial charge in [-0.2, -0.15) is 0 Å². The van der Waals surface area contributed by atoms with E-state index in [1.165, 1.54) is 25.0 Å². The Morgan fingerprint density at radius 3 is 1.53 bits per heavy atom.